The first-order chi connectivity index (χ1) is 11.0. The predicted octanol–water partition coefficient (Wildman–Crippen LogP) is 3.22. The van der Waals surface area contributed by atoms with Gasteiger partial charge in [-0.3, -0.25) is 9.69 Å². The van der Waals surface area contributed by atoms with Crippen molar-refractivity contribution in [1.29, 1.82) is 0 Å². The van der Waals surface area contributed by atoms with Crippen molar-refractivity contribution in [3.8, 4) is 0 Å². The van der Waals surface area contributed by atoms with Crippen molar-refractivity contribution in [2.24, 2.45) is 0 Å². The number of thiazole rings is 1. The van der Waals surface area contributed by atoms with Crippen LogP contribution >= 0.6 is 23.7 Å². The van der Waals surface area contributed by atoms with Gasteiger partial charge in [0.25, 0.3) is 5.91 Å². The summed E-state index contributed by atoms with van der Waals surface area (Å²) in [7, 11) is 3.94. The van der Waals surface area contributed by atoms with E-state index >= 15 is 0 Å². The summed E-state index contributed by atoms with van der Waals surface area (Å²) in [6, 6.07) is 7.66. The molecule has 0 saturated heterocycles. The lowest BCUT2D eigenvalue weighted by Crippen LogP contribution is -2.36. The Hall–Kier alpha value is -1.96. The standard InChI is InChI=1S/C16H18N4O2S.ClH/c1-11-4-5-12-14(10-11)23-16(18-12)20(9-8-19(2)3)15(21)13-6-7-17-22-13;/h4-7,10H,8-9H2,1-3H3;1H. The van der Waals surface area contributed by atoms with E-state index in [4.69, 9.17) is 4.52 Å². The molecule has 3 rings (SSSR count). The summed E-state index contributed by atoms with van der Waals surface area (Å²) in [5.74, 6) is -0.000629. The molecule has 0 saturated carbocycles. The summed E-state index contributed by atoms with van der Waals surface area (Å²) in [5.41, 5.74) is 2.07. The summed E-state index contributed by atoms with van der Waals surface area (Å²) < 4.78 is 6.09. The third-order valence-electron chi connectivity index (χ3n) is 3.43. The molecule has 0 aliphatic rings. The molecule has 2 heterocycles. The van der Waals surface area contributed by atoms with E-state index in [2.05, 4.69) is 16.2 Å². The number of carbonyl (C=O) groups is 1. The molecule has 8 heteroatoms. The first-order valence-corrected chi connectivity index (χ1v) is 8.11. The fourth-order valence-electron chi connectivity index (χ4n) is 2.18. The van der Waals surface area contributed by atoms with Gasteiger partial charge in [-0.15, -0.1) is 12.4 Å². The number of halogens is 1. The van der Waals surface area contributed by atoms with Crippen LogP contribution in [0.1, 0.15) is 16.1 Å². The van der Waals surface area contributed by atoms with Crippen LogP contribution in [0.4, 0.5) is 5.13 Å². The Morgan fingerprint density at radius 2 is 2.04 bits per heavy atom. The highest BCUT2D eigenvalue weighted by molar-refractivity contribution is 7.22. The molecule has 0 spiro atoms. The van der Waals surface area contributed by atoms with Crippen molar-refractivity contribution in [3.05, 3.63) is 41.8 Å². The van der Waals surface area contributed by atoms with Gasteiger partial charge in [0, 0.05) is 19.2 Å². The minimum absolute atomic E-state index is 0. The van der Waals surface area contributed by atoms with E-state index in [1.54, 1.807) is 11.0 Å². The molecular formula is C16H19ClN4O2S. The summed E-state index contributed by atoms with van der Waals surface area (Å²) >= 11 is 1.51. The number of aryl methyl sites for hydroxylation is 1. The monoisotopic (exact) mass is 366 g/mol. The number of hydrogen-bond acceptors (Lipinski definition) is 6. The fourth-order valence-corrected chi connectivity index (χ4v) is 3.27. The first kappa shape index (κ1) is 18.4. The third kappa shape index (κ3) is 3.92. The lowest BCUT2D eigenvalue weighted by molar-refractivity contribution is 0.0949. The predicted molar refractivity (Wildman–Crippen MR) is 98.3 cm³/mol. The van der Waals surface area contributed by atoms with Crippen LogP contribution in [0.3, 0.4) is 0 Å². The molecule has 0 aliphatic carbocycles. The van der Waals surface area contributed by atoms with Crippen molar-refractivity contribution in [2.45, 2.75) is 6.92 Å². The number of carbonyl (C=O) groups excluding carboxylic acids is 1. The molecule has 0 bridgehead atoms. The molecule has 0 unspecified atom stereocenters. The SMILES string of the molecule is Cc1ccc2nc(N(CCN(C)C)C(=O)c3ccno3)sc2c1.Cl. The highest BCUT2D eigenvalue weighted by Crippen LogP contribution is 2.30. The van der Waals surface area contributed by atoms with E-state index in [1.807, 2.05) is 38.1 Å². The molecular weight excluding hydrogens is 348 g/mol. The Bertz CT molecular complexity index is 817. The fraction of sp³-hybridized carbons (Fsp3) is 0.312. The number of anilines is 1. The van der Waals surface area contributed by atoms with E-state index in [0.717, 1.165) is 16.8 Å². The van der Waals surface area contributed by atoms with Crippen molar-refractivity contribution >= 4 is 45.0 Å². The molecule has 2 aromatic heterocycles. The van der Waals surface area contributed by atoms with Gasteiger partial charge in [-0.25, -0.2) is 4.98 Å². The number of aromatic nitrogens is 2. The minimum atomic E-state index is -0.222. The average Bonchev–Trinajstić information content (AvgIpc) is 3.15. The molecule has 0 aliphatic heterocycles. The number of benzene rings is 1. The van der Waals surface area contributed by atoms with Crippen LogP contribution < -0.4 is 4.90 Å². The van der Waals surface area contributed by atoms with Crippen LogP contribution in [0.25, 0.3) is 10.2 Å². The second kappa shape index (κ2) is 7.74. The molecule has 3 aromatic rings. The summed E-state index contributed by atoms with van der Waals surface area (Å²) in [5, 5.41) is 4.29. The molecule has 128 valence electrons. The zero-order chi connectivity index (χ0) is 16.4. The van der Waals surface area contributed by atoms with Gasteiger partial charge in [0.1, 0.15) is 0 Å². The Labute approximate surface area is 150 Å². The van der Waals surface area contributed by atoms with Crippen LogP contribution in [-0.4, -0.2) is 48.1 Å². The van der Waals surface area contributed by atoms with Crippen molar-refractivity contribution in [3.63, 3.8) is 0 Å². The van der Waals surface area contributed by atoms with Gasteiger partial charge >= 0.3 is 0 Å². The molecule has 0 fully saturated rings. The molecule has 1 amide bonds. The summed E-state index contributed by atoms with van der Waals surface area (Å²) in [4.78, 5) is 21.0. The number of rotatable bonds is 5. The maximum absolute atomic E-state index is 12.7. The molecule has 24 heavy (non-hydrogen) atoms. The van der Waals surface area contributed by atoms with Crippen LogP contribution in [0.2, 0.25) is 0 Å². The van der Waals surface area contributed by atoms with Crippen LogP contribution in [0.15, 0.2) is 35.0 Å². The van der Waals surface area contributed by atoms with Gasteiger partial charge in [0.15, 0.2) is 5.13 Å². The van der Waals surface area contributed by atoms with Gasteiger partial charge in [-0.2, -0.15) is 0 Å². The second-order valence-corrected chi connectivity index (χ2v) is 6.61. The Balaban J connectivity index is 0.00000208. The zero-order valence-electron chi connectivity index (χ0n) is 13.7. The normalized spacial score (nSPS) is 10.8. The highest BCUT2D eigenvalue weighted by Gasteiger charge is 2.23. The van der Waals surface area contributed by atoms with E-state index in [-0.39, 0.29) is 24.1 Å². The highest BCUT2D eigenvalue weighted by atomic mass is 35.5. The van der Waals surface area contributed by atoms with Gasteiger partial charge in [-0.05, 0) is 38.7 Å². The summed E-state index contributed by atoms with van der Waals surface area (Å²) in [6.45, 7) is 3.31. The minimum Gasteiger partial charge on any atom is -0.351 e. The average molecular weight is 367 g/mol. The first-order valence-electron chi connectivity index (χ1n) is 7.29. The van der Waals surface area contributed by atoms with Crippen molar-refractivity contribution < 1.29 is 9.32 Å². The topological polar surface area (TPSA) is 62.5 Å². The van der Waals surface area contributed by atoms with Gasteiger partial charge in [0.05, 0.1) is 16.4 Å². The summed E-state index contributed by atoms with van der Waals surface area (Å²) in [6.07, 6.45) is 1.47. The number of nitrogens with zero attached hydrogens (tertiary/aromatic N) is 4. The zero-order valence-corrected chi connectivity index (χ0v) is 15.4. The largest absolute Gasteiger partial charge is 0.351 e. The maximum atomic E-state index is 12.7. The van der Waals surface area contributed by atoms with Crippen LogP contribution in [-0.2, 0) is 0 Å². The van der Waals surface area contributed by atoms with E-state index in [0.29, 0.717) is 11.7 Å². The number of amides is 1. The maximum Gasteiger partial charge on any atom is 0.298 e. The Morgan fingerprint density at radius 3 is 2.71 bits per heavy atom. The Kier molecular flexibility index (Phi) is 5.93. The number of hydrogen-bond donors (Lipinski definition) is 0. The smallest absolute Gasteiger partial charge is 0.298 e. The van der Waals surface area contributed by atoms with Crippen LogP contribution in [0, 0.1) is 6.92 Å². The van der Waals surface area contributed by atoms with E-state index in [1.165, 1.54) is 23.1 Å². The van der Waals surface area contributed by atoms with Crippen molar-refractivity contribution in [1.82, 2.24) is 15.0 Å². The lowest BCUT2D eigenvalue weighted by Gasteiger charge is -2.20. The lowest BCUT2D eigenvalue weighted by atomic mass is 10.2. The van der Waals surface area contributed by atoms with Gasteiger partial charge in [0.2, 0.25) is 5.76 Å². The van der Waals surface area contributed by atoms with Crippen molar-refractivity contribution in [2.75, 3.05) is 32.1 Å². The second-order valence-electron chi connectivity index (χ2n) is 5.60. The molecule has 0 radical (unpaired) electrons. The molecule has 0 atom stereocenters. The molecule has 1 aromatic carbocycles. The van der Waals surface area contributed by atoms with E-state index < -0.39 is 0 Å². The van der Waals surface area contributed by atoms with Gasteiger partial charge in [-0.1, -0.05) is 22.6 Å². The Morgan fingerprint density at radius 1 is 1.25 bits per heavy atom. The quantitative estimate of drug-likeness (QED) is 0.693. The number of fused-ring (bicyclic) bond motifs is 1. The van der Waals surface area contributed by atoms with Crippen LogP contribution in [0.5, 0.6) is 0 Å². The number of likely N-dealkylation sites (N-methyl/N-ethyl adjacent to an activating group) is 1. The van der Waals surface area contributed by atoms with Gasteiger partial charge < -0.3 is 9.42 Å². The third-order valence-corrected chi connectivity index (χ3v) is 4.47. The molecule has 0 N–H and O–H groups in total. The molecule has 6 nitrogen and oxygen atoms in total. The van der Waals surface area contributed by atoms with E-state index in [9.17, 15) is 4.79 Å².